The second-order valence-electron chi connectivity index (χ2n) is 4.99. The van der Waals surface area contributed by atoms with Gasteiger partial charge < -0.3 is 0 Å². The molecule has 0 unspecified atom stereocenters. The molecular weight excluding hydrogens is 289 g/mol. The summed E-state index contributed by atoms with van der Waals surface area (Å²) >= 11 is 0. The Morgan fingerprint density at radius 1 is 0.909 bits per heavy atom. The molecule has 1 aromatic heterocycles. The van der Waals surface area contributed by atoms with Crippen molar-refractivity contribution in [2.45, 2.75) is 13.1 Å². The van der Waals surface area contributed by atoms with Crippen LogP contribution in [0.15, 0.2) is 60.7 Å². The first kappa shape index (κ1) is 14.4. The minimum Gasteiger partial charge on any atom is -0.233 e. The highest BCUT2D eigenvalue weighted by Crippen LogP contribution is 2.31. The Hall–Kier alpha value is -2.56. The van der Waals surface area contributed by atoms with E-state index in [4.69, 9.17) is 0 Å². The number of rotatable bonds is 2. The van der Waals surface area contributed by atoms with E-state index in [1.54, 1.807) is 4.68 Å². The average molecular weight is 302 g/mol. The lowest BCUT2D eigenvalue weighted by Crippen LogP contribution is -2.04. The molecule has 3 rings (SSSR count). The van der Waals surface area contributed by atoms with Gasteiger partial charge in [0.15, 0.2) is 0 Å². The van der Waals surface area contributed by atoms with E-state index in [1.807, 2.05) is 43.3 Å². The van der Waals surface area contributed by atoms with Crippen LogP contribution in [0.25, 0.3) is 16.9 Å². The molecule has 0 saturated heterocycles. The minimum absolute atomic E-state index is 0.654. The van der Waals surface area contributed by atoms with Crippen LogP contribution < -0.4 is 0 Å². The Balaban J connectivity index is 2.06. The molecular formula is C17H13F3N2. The minimum atomic E-state index is -4.33. The van der Waals surface area contributed by atoms with Crippen molar-refractivity contribution >= 4 is 0 Å². The molecule has 0 saturated carbocycles. The standard InChI is InChI=1S/C17H13F3N2/c1-12-11-16(22(21-12)15-5-3-2-4-6-15)13-7-9-14(10-8-13)17(18,19)20/h2-11H,1H3. The lowest BCUT2D eigenvalue weighted by molar-refractivity contribution is -0.137. The van der Waals surface area contributed by atoms with Crippen molar-refractivity contribution in [2.24, 2.45) is 0 Å². The lowest BCUT2D eigenvalue weighted by Gasteiger charge is -2.10. The van der Waals surface area contributed by atoms with Gasteiger partial charge in [-0.3, -0.25) is 0 Å². The maximum atomic E-state index is 12.7. The number of benzene rings is 2. The summed E-state index contributed by atoms with van der Waals surface area (Å²) in [6.07, 6.45) is -4.33. The first-order chi connectivity index (χ1) is 10.4. The van der Waals surface area contributed by atoms with Crippen LogP contribution in [0.1, 0.15) is 11.3 Å². The molecule has 0 spiro atoms. The molecule has 112 valence electrons. The summed E-state index contributed by atoms with van der Waals surface area (Å²) in [5.74, 6) is 0. The van der Waals surface area contributed by atoms with Crippen LogP contribution in [0.4, 0.5) is 13.2 Å². The molecule has 0 N–H and O–H groups in total. The molecule has 0 amide bonds. The number of aryl methyl sites for hydroxylation is 1. The van der Waals surface area contributed by atoms with Crippen LogP contribution in [0, 0.1) is 6.92 Å². The van der Waals surface area contributed by atoms with Gasteiger partial charge in [-0.15, -0.1) is 0 Å². The SMILES string of the molecule is Cc1cc(-c2ccc(C(F)(F)F)cc2)n(-c2ccccc2)n1. The van der Waals surface area contributed by atoms with E-state index >= 15 is 0 Å². The first-order valence-corrected chi connectivity index (χ1v) is 6.75. The highest BCUT2D eigenvalue weighted by atomic mass is 19.4. The Kier molecular flexibility index (Phi) is 3.48. The van der Waals surface area contributed by atoms with Crippen molar-refractivity contribution in [3.05, 3.63) is 71.9 Å². The van der Waals surface area contributed by atoms with Crippen LogP contribution in [0.5, 0.6) is 0 Å². The number of hydrogen-bond acceptors (Lipinski definition) is 1. The monoisotopic (exact) mass is 302 g/mol. The molecule has 0 fully saturated rings. The summed E-state index contributed by atoms with van der Waals surface area (Å²) in [6.45, 7) is 1.85. The zero-order valence-electron chi connectivity index (χ0n) is 11.8. The van der Waals surface area contributed by atoms with Gasteiger partial charge in [-0.1, -0.05) is 30.3 Å². The molecule has 5 heteroatoms. The number of halogens is 3. The molecule has 3 aromatic rings. The third kappa shape index (κ3) is 2.74. The summed E-state index contributed by atoms with van der Waals surface area (Å²) in [7, 11) is 0. The normalized spacial score (nSPS) is 11.6. The van der Waals surface area contributed by atoms with Crippen LogP contribution in [-0.2, 0) is 6.18 Å². The third-order valence-corrected chi connectivity index (χ3v) is 3.34. The maximum absolute atomic E-state index is 12.7. The van der Waals surface area contributed by atoms with Gasteiger partial charge in [0.05, 0.1) is 22.6 Å². The summed E-state index contributed by atoms with van der Waals surface area (Å²) < 4.78 is 39.7. The number of alkyl halides is 3. The van der Waals surface area contributed by atoms with Crippen molar-refractivity contribution in [2.75, 3.05) is 0 Å². The van der Waals surface area contributed by atoms with E-state index in [0.29, 0.717) is 5.56 Å². The molecule has 0 aliphatic carbocycles. The van der Waals surface area contributed by atoms with Crippen molar-refractivity contribution in [1.29, 1.82) is 0 Å². The van der Waals surface area contributed by atoms with Crippen LogP contribution in [-0.4, -0.2) is 9.78 Å². The van der Waals surface area contributed by atoms with Crippen molar-refractivity contribution in [1.82, 2.24) is 9.78 Å². The number of nitrogens with zero attached hydrogens (tertiary/aromatic N) is 2. The average Bonchev–Trinajstić information content (AvgIpc) is 2.89. The van der Waals surface area contributed by atoms with Crippen LogP contribution in [0.3, 0.4) is 0 Å². The smallest absolute Gasteiger partial charge is 0.233 e. The van der Waals surface area contributed by atoms with Crippen LogP contribution in [0.2, 0.25) is 0 Å². The first-order valence-electron chi connectivity index (χ1n) is 6.75. The zero-order chi connectivity index (χ0) is 15.7. The van der Waals surface area contributed by atoms with E-state index in [1.165, 1.54) is 12.1 Å². The van der Waals surface area contributed by atoms with E-state index in [9.17, 15) is 13.2 Å². The molecule has 0 aliphatic heterocycles. The predicted octanol–water partition coefficient (Wildman–Crippen LogP) is 4.87. The van der Waals surface area contributed by atoms with Gasteiger partial charge in [-0.2, -0.15) is 18.3 Å². The fourth-order valence-corrected chi connectivity index (χ4v) is 2.30. The summed E-state index contributed by atoms with van der Waals surface area (Å²) in [5.41, 5.74) is 2.47. The number of aromatic nitrogens is 2. The van der Waals surface area contributed by atoms with Gasteiger partial charge in [0.2, 0.25) is 0 Å². The maximum Gasteiger partial charge on any atom is 0.416 e. The van der Waals surface area contributed by atoms with Gasteiger partial charge in [-0.25, -0.2) is 4.68 Å². The lowest BCUT2D eigenvalue weighted by atomic mass is 10.1. The quantitative estimate of drug-likeness (QED) is 0.660. The highest BCUT2D eigenvalue weighted by Gasteiger charge is 2.30. The molecule has 0 atom stereocenters. The van der Waals surface area contributed by atoms with E-state index < -0.39 is 11.7 Å². The van der Waals surface area contributed by atoms with E-state index in [-0.39, 0.29) is 0 Å². The Morgan fingerprint density at radius 3 is 2.14 bits per heavy atom. The van der Waals surface area contributed by atoms with Gasteiger partial charge in [0.1, 0.15) is 0 Å². The number of hydrogen-bond donors (Lipinski definition) is 0. The Bertz CT molecular complexity index is 772. The zero-order valence-corrected chi connectivity index (χ0v) is 11.8. The molecule has 0 aliphatic rings. The number of para-hydroxylation sites is 1. The Labute approximate surface area is 125 Å². The molecule has 0 radical (unpaired) electrons. The molecule has 0 bridgehead atoms. The van der Waals surface area contributed by atoms with Gasteiger partial charge >= 0.3 is 6.18 Å². The fourth-order valence-electron chi connectivity index (χ4n) is 2.30. The van der Waals surface area contributed by atoms with Crippen molar-refractivity contribution in [3.63, 3.8) is 0 Å². The summed E-state index contributed by atoms with van der Waals surface area (Å²) in [5, 5.41) is 4.42. The largest absolute Gasteiger partial charge is 0.416 e. The molecule has 1 heterocycles. The molecule has 2 nitrogen and oxygen atoms in total. The Morgan fingerprint density at radius 2 is 1.55 bits per heavy atom. The topological polar surface area (TPSA) is 17.8 Å². The summed E-state index contributed by atoms with van der Waals surface area (Å²) in [6, 6.07) is 16.5. The van der Waals surface area contributed by atoms with Crippen molar-refractivity contribution < 1.29 is 13.2 Å². The highest BCUT2D eigenvalue weighted by molar-refractivity contribution is 5.63. The second-order valence-corrected chi connectivity index (χ2v) is 4.99. The third-order valence-electron chi connectivity index (χ3n) is 3.34. The van der Waals surface area contributed by atoms with E-state index in [0.717, 1.165) is 29.2 Å². The fraction of sp³-hybridized carbons (Fsp3) is 0.118. The van der Waals surface area contributed by atoms with Crippen LogP contribution >= 0.6 is 0 Å². The van der Waals surface area contributed by atoms with Crippen molar-refractivity contribution in [3.8, 4) is 16.9 Å². The molecule has 22 heavy (non-hydrogen) atoms. The second kappa shape index (κ2) is 5.33. The van der Waals surface area contributed by atoms with Gasteiger partial charge in [-0.05, 0) is 37.3 Å². The molecule has 2 aromatic carbocycles. The summed E-state index contributed by atoms with van der Waals surface area (Å²) in [4.78, 5) is 0. The van der Waals surface area contributed by atoms with E-state index in [2.05, 4.69) is 5.10 Å². The van der Waals surface area contributed by atoms with Gasteiger partial charge in [0.25, 0.3) is 0 Å². The predicted molar refractivity (Wildman–Crippen MR) is 78.7 cm³/mol. The van der Waals surface area contributed by atoms with Gasteiger partial charge in [0, 0.05) is 5.56 Å².